The Balaban J connectivity index is 2.35. The van der Waals surface area contributed by atoms with E-state index in [1.165, 1.54) is 0 Å². The molecule has 132 valence electrons. The Hall–Kier alpha value is -1.88. The molecule has 2 rings (SSSR count). The van der Waals surface area contributed by atoms with E-state index < -0.39 is 0 Å². The summed E-state index contributed by atoms with van der Waals surface area (Å²) < 4.78 is 1.99. The van der Waals surface area contributed by atoms with Crippen LogP contribution < -0.4 is 5.32 Å². The summed E-state index contributed by atoms with van der Waals surface area (Å²) in [7, 11) is 3.99. The van der Waals surface area contributed by atoms with Crippen LogP contribution in [0, 0.1) is 5.41 Å². The minimum Gasteiger partial charge on any atom is -0.346 e. The molecule has 0 aliphatic heterocycles. The molecule has 0 aromatic carbocycles. The molecule has 2 aromatic rings. The maximum absolute atomic E-state index is 12.9. The van der Waals surface area contributed by atoms with E-state index in [4.69, 9.17) is 0 Å². The number of hydrogen-bond donors (Lipinski definition) is 1. The number of rotatable bonds is 5. The molecular formula is C19H30N4O. The number of amides is 1. The molecule has 5 heteroatoms. The highest BCUT2D eigenvalue weighted by Crippen LogP contribution is 2.27. The molecule has 0 atom stereocenters. The predicted octanol–water partition coefficient (Wildman–Crippen LogP) is 3.34. The summed E-state index contributed by atoms with van der Waals surface area (Å²) in [5.41, 5.74) is 2.08. The van der Waals surface area contributed by atoms with E-state index in [1.54, 1.807) is 0 Å². The van der Waals surface area contributed by atoms with Crippen LogP contribution in [-0.4, -0.2) is 39.8 Å². The van der Waals surface area contributed by atoms with Gasteiger partial charge in [0.25, 0.3) is 5.91 Å². The Morgan fingerprint density at radius 1 is 1.21 bits per heavy atom. The maximum atomic E-state index is 12.9. The summed E-state index contributed by atoms with van der Waals surface area (Å²) in [5, 5.41) is 3.17. The largest absolute Gasteiger partial charge is 0.346 e. The fraction of sp³-hybridized carbons (Fsp3) is 0.579. The molecule has 0 aliphatic rings. The van der Waals surface area contributed by atoms with Crippen LogP contribution in [0.1, 0.15) is 57.2 Å². The van der Waals surface area contributed by atoms with Crippen LogP contribution in [0.4, 0.5) is 0 Å². The highest BCUT2D eigenvalue weighted by Gasteiger charge is 2.29. The van der Waals surface area contributed by atoms with Gasteiger partial charge in [-0.25, -0.2) is 4.98 Å². The van der Waals surface area contributed by atoms with Gasteiger partial charge in [-0.15, -0.1) is 0 Å². The average molecular weight is 330 g/mol. The predicted molar refractivity (Wildman–Crippen MR) is 98.2 cm³/mol. The first-order valence-corrected chi connectivity index (χ1v) is 8.42. The molecule has 0 saturated carbocycles. The van der Waals surface area contributed by atoms with Crippen molar-refractivity contribution in [1.82, 2.24) is 19.6 Å². The second-order valence-electron chi connectivity index (χ2n) is 8.65. The summed E-state index contributed by atoms with van der Waals surface area (Å²) in [6.07, 6.45) is 2.85. The number of imidazole rings is 1. The normalized spacial score (nSPS) is 12.8. The van der Waals surface area contributed by atoms with E-state index in [1.807, 2.05) is 47.8 Å². The number of aromatic nitrogens is 2. The number of nitrogens with zero attached hydrogens (tertiary/aromatic N) is 3. The molecular weight excluding hydrogens is 300 g/mol. The molecule has 0 unspecified atom stereocenters. The number of carbonyl (C=O) groups is 1. The molecule has 2 heterocycles. The zero-order chi connectivity index (χ0) is 18.1. The number of hydrogen-bond acceptors (Lipinski definition) is 3. The van der Waals surface area contributed by atoms with Crippen LogP contribution in [0.25, 0.3) is 5.65 Å². The molecule has 1 N–H and O–H groups in total. The van der Waals surface area contributed by atoms with E-state index in [0.717, 1.165) is 17.8 Å². The van der Waals surface area contributed by atoms with Gasteiger partial charge < -0.3 is 14.6 Å². The van der Waals surface area contributed by atoms with Crippen LogP contribution in [0.5, 0.6) is 0 Å². The van der Waals surface area contributed by atoms with Crippen molar-refractivity contribution < 1.29 is 4.79 Å². The smallest absolute Gasteiger partial charge is 0.272 e. The summed E-state index contributed by atoms with van der Waals surface area (Å²) in [5.74, 6) is -0.107. The molecule has 2 aromatic heterocycles. The Bertz CT molecular complexity index is 723. The van der Waals surface area contributed by atoms with Gasteiger partial charge in [0.2, 0.25) is 0 Å². The minimum absolute atomic E-state index is 0.107. The molecule has 5 nitrogen and oxygen atoms in total. The summed E-state index contributed by atoms with van der Waals surface area (Å²) in [6.45, 7) is 11.3. The van der Waals surface area contributed by atoms with E-state index in [2.05, 4.69) is 44.9 Å². The van der Waals surface area contributed by atoms with Gasteiger partial charge in [0.15, 0.2) is 5.69 Å². The first-order valence-electron chi connectivity index (χ1n) is 8.42. The molecule has 0 aliphatic carbocycles. The zero-order valence-electron chi connectivity index (χ0n) is 16.0. The van der Waals surface area contributed by atoms with Gasteiger partial charge in [0, 0.05) is 18.3 Å². The Morgan fingerprint density at radius 3 is 2.46 bits per heavy atom. The Kier molecular flexibility index (Phi) is 5.04. The summed E-state index contributed by atoms with van der Waals surface area (Å²) in [6, 6.07) is 5.82. The second-order valence-corrected chi connectivity index (χ2v) is 8.65. The monoisotopic (exact) mass is 330 g/mol. The molecule has 24 heavy (non-hydrogen) atoms. The van der Waals surface area contributed by atoms with E-state index in [9.17, 15) is 4.79 Å². The zero-order valence-corrected chi connectivity index (χ0v) is 16.0. The third-order valence-corrected chi connectivity index (χ3v) is 3.73. The highest BCUT2D eigenvalue weighted by molar-refractivity contribution is 5.94. The van der Waals surface area contributed by atoms with Crippen LogP contribution >= 0.6 is 0 Å². The van der Waals surface area contributed by atoms with Gasteiger partial charge in [-0.3, -0.25) is 4.79 Å². The van der Waals surface area contributed by atoms with Crippen molar-refractivity contribution in [2.45, 2.75) is 53.1 Å². The molecule has 0 bridgehead atoms. The lowest BCUT2D eigenvalue weighted by Crippen LogP contribution is -2.46. The van der Waals surface area contributed by atoms with Gasteiger partial charge in [-0.2, -0.15) is 0 Å². The quantitative estimate of drug-likeness (QED) is 0.915. The fourth-order valence-corrected chi connectivity index (χ4v) is 3.42. The van der Waals surface area contributed by atoms with Gasteiger partial charge in [-0.1, -0.05) is 26.8 Å². The van der Waals surface area contributed by atoms with Crippen LogP contribution in [0.15, 0.2) is 24.4 Å². The number of carbonyl (C=O) groups excluding carboxylic acids is 1. The topological polar surface area (TPSA) is 49.6 Å². The van der Waals surface area contributed by atoms with E-state index in [0.29, 0.717) is 12.2 Å². The number of pyridine rings is 1. The lowest BCUT2D eigenvalue weighted by Gasteiger charge is -2.33. The lowest BCUT2D eigenvalue weighted by atomic mass is 9.82. The fourth-order valence-electron chi connectivity index (χ4n) is 3.42. The molecule has 1 amide bonds. The van der Waals surface area contributed by atoms with Crippen molar-refractivity contribution in [3.63, 3.8) is 0 Å². The molecule has 0 fully saturated rings. The van der Waals surface area contributed by atoms with Crippen LogP contribution in [0.2, 0.25) is 0 Å². The van der Waals surface area contributed by atoms with Gasteiger partial charge >= 0.3 is 0 Å². The summed E-state index contributed by atoms with van der Waals surface area (Å²) in [4.78, 5) is 19.5. The van der Waals surface area contributed by atoms with Crippen molar-refractivity contribution in [3.8, 4) is 0 Å². The first-order chi connectivity index (χ1) is 11.0. The molecule has 0 spiro atoms. The average Bonchev–Trinajstić information content (AvgIpc) is 2.74. The molecule has 0 radical (unpaired) electrons. The van der Waals surface area contributed by atoms with Crippen molar-refractivity contribution in [1.29, 1.82) is 0 Å². The van der Waals surface area contributed by atoms with Crippen molar-refractivity contribution in [2.75, 3.05) is 14.1 Å². The summed E-state index contributed by atoms with van der Waals surface area (Å²) >= 11 is 0. The second kappa shape index (κ2) is 6.55. The van der Waals surface area contributed by atoms with Crippen molar-refractivity contribution in [2.24, 2.45) is 5.41 Å². The minimum atomic E-state index is -0.291. The third kappa shape index (κ3) is 4.57. The number of fused-ring (bicyclic) bond motifs is 1. The van der Waals surface area contributed by atoms with Crippen molar-refractivity contribution >= 4 is 11.6 Å². The number of nitrogens with one attached hydrogen (secondary N) is 1. The van der Waals surface area contributed by atoms with Gasteiger partial charge in [0.05, 0.1) is 5.69 Å². The first kappa shape index (κ1) is 18.5. The Morgan fingerprint density at radius 2 is 1.88 bits per heavy atom. The van der Waals surface area contributed by atoms with Crippen molar-refractivity contribution in [3.05, 3.63) is 35.8 Å². The SMILES string of the molecule is CN(C)Cc1c(C(=O)NC(C)(C)CC(C)(C)C)nc2ccccn12. The maximum Gasteiger partial charge on any atom is 0.272 e. The molecule has 0 saturated heterocycles. The van der Waals surface area contributed by atoms with Crippen LogP contribution in [-0.2, 0) is 6.54 Å². The van der Waals surface area contributed by atoms with E-state index >= 15 is 0 Å². The van der Waals surface area contributed by atoms with Gasteiger partial charge in [-0.05, 0) is 51.9 Å². The van der Waals surface area contributed by atoms with Gasteiger partial charge in [0.1, 0.15) is 5.65 Å². The van der Waals surface area contributed by atoms with E-state index in [-0.39, 0.29) is 16.9 Å². The Labute approximate surface area is 145 Å². The lowest BCUT2D eigenvalue weighted by molar-refractivity contribution is 0.0885. The highest BCUT2D eigenvalue weighted by atomic mass is 16.2. The standard InChI is InChI=1S/C19H30N4O/c1-18(2,3)13-19(4,5)21-17(24)16-14(12-22(6)7)23-11-9-8-10-15(23)20-16/h8-11H,12-13H2,1-7H3,(H,21,24). The van der Waals surface area contributed by atoms with Crippen LogP contribution in [0.3, 0.4) is 0 Å². The third-order valence-electron chi connectivity index (χ3n) is 3.73.